The first kappa shape index (κ1) is 12.6. The molecule has 0 saturated carbocycles. The quantitative estimate of drug-likeness (QED) is 0.836. The molecule has 18 heavy (non-hydrogen) atoms. The van der Waals surface area contributed by atoms with Crippen LogP contribution in [0.2, 0.25) is 0 Å². The molecule has 5 nitrogen and oxygen atoms in total. The van der Waals surface area contributed by atoms with E-state index in [9.17, 15) is 4.79 Å². The zero-order valence-corrected chi connectivity index (χ0v) is 11.7. The molecule has 0 aliphatic rings. The maximum absolute atomic E-state index is 12.1. The van der Waals surface area contributed by atoms with Crippen molar-refractivity contribution in [1.82, 2.24) is 9.78 Å². The molecule has 1 amide bonds. The summed E-state index contributed by atoms with van der Waals surface area (Å²) in [5.74, 6) is -0.217. The lowest BCUT2D eigenvalue weighted by molar-refractivity contribution is 0.102. The molecular formula is C12H13BrN4O. The fraction of sp³-hybridized carbons (Fsp3) is 0.167. The minimum absolute atomic E-state index is 0.217. The van der Waals surface area contributed by atoms with Crippen LogP contribution in [0.15, 0.2) is 28.9 Å². The molecule has 2 rings (SSSR count). The number of hydrogen-bond acceptors (Lipinski definition) is 3. The molecule has 0 unspecified atom stereocenters. The Morgan fingerprint density at radius 1 is 1.50 bits per heavy atom. The number of rotatable bonds is 2. The molecule has 0 fully saturated rings. The Morgan fingerprint density at radius 2 is 2.22 bits per heavy atom. The monoisotopic (exact) mass is 308 g/mol. The maximum Gasteiger partial charge on any atom is 0.256 e. The standard InChI is InChI=1S/C12H13BrN4O/c1-7-10(6-17(2)16-7)15-12(18)8-4-3-5-9(14)11(8)13/h3-6H,14H2,1-2H3,(H,15,18). The number of nitrogens with zero attached hydrogens (tertiary/aromatic N) is 2. The van der Waals surface area contributed by atoms with E-state index in [1.807, 2.05) is 6.92 Å². The Hall–Kier alpha value is -1.82. The van der Waals surface area contributed by atoms with Gasteiger partial charge >= 0.3 is 0 Å². The third kappa shape index (κ3) is 2.38. The number of halogens is 1. The van der Waals surface area contributed by atoms with E-state index in [4.69, 9.17) is 5.73 Å². The highest BCUT2D eigenvalue weighted by atomic mass is 79.9. The van der Waals surface area contributed by atoms with Crippen LogP contribution < -0.4 is 11.1 Å². The number of anilines is 2. The Balaban J connectivity index is 2.27. The first-order chi connectivity index (χ1) is 8.49. The third-order valence-electron chi connectivity index (χ3n) is 2.53. The van der Waals surface area contributed by atoms with Crippen molar-refractivity contribution in [3.8, 4) is 0 Å². The van der Waals surface area contributed by atoms with Crippen LogP contribution in [-0.4, -0.2) is 15.7 Å². The zero-order valence-electron chi connectivity index (χ0n) is 10.1. The third-order valence-corrected chi connectivity index (χ3v) is 3.42. The average molecular weight is 309 g/mol. The number of aryl methyl sites for hydroxylation is 2. The van der Waals surface area contributed by atoms with E-state index in [-0.39, 0.29) is 5.91 Å². The van der Waals surface area contributed by atoms with Crippen molar-refractivity contribution in [3.63, 3.8) is 0 Å². The van der Waals surface area contributed by atoms with Crippen molar-refractivity contribution in [1.29, 1.82) is 0 Å². The van der Waals surface area contributed by atoms with Crippen molar-refractivity contribution < 1.29 is 4.79 Å². The van der Waals surface area contributed by atoms with Crippen LogP contribution in [0.4, 0.5) is 11.4 Å². The van der Waals surface area contributed by atoms with Gasteiger partial charge in [-0.05, 0) is 35.0 Å². The molecule has 3 N–H and O–H groups in total. The Kier molecular flexibility index (Phi) is 3.38. The molecule has 0 radical (unpaired) electrons. The Bertz CT molecular complexity index is 606. The van der Waals surface area contributed by atoms with Gasteiger partial charge in [-0.25, -0.2) is 0 Å². The van der Waals surface area contributed by atoms with Gasteiger partial charge in [0.25, 0.3) is 5.91 Å². The summed E-state index contributed by atoms with van der Waals surface area (Å²) in [5.41, 5.74) is 8.23. The molecule has 0 aliphatic carbocycles. The number of carbonyl (C=O) groups excluding carboxylic acids is 1. The molecule has 0 aliphatic heterocycles. The second kappa shape index (κ2) is 4.81. The van der Waals surface area contributed by atoms with Gasteiger partial charge in [-0.15, -0.1) is 0 Å². The number of aromatic nitrogens is 2. The molecular weight excluding hydrogens is 296 g/mol. The normalized spacial score (nSPS) is 10.4. The maximum atomic E-state index is 12.1. The molecule has 0 saturated heterocycles. The summed E-state index contributed by atoms with van der Waals surface area (Å²) < 4.78 is 2.25. The first-order valence-electron chi connectivity index (χ1n) is 5.34. The molecule has 1 aromatic carbocycles. The van der Waals surface area contributed by atoms with Gasteiger partial charge in [0.05, 0.1) is 21.4 Å². The van der Waals surface area contributed by atoms with Crippen LogP contribution in [0.1, 0.15) is 16.1 Å². The van der Waals surface area contributed by atoms with Crippen LogP contribution in [0.3, 0.4) is 0 Å². The van der Waals surface area contributed by atoms with Crippen LogP contribution in [0.25, 0.3) is 0 Å². The van der Waals surface area contributed by atoms with Crippen molar-refractivity contribution in [2.24, 2.45) is 7.05 Å². The summed E-state index contributed by atoms with van der Waals surface area (Å²) in [7, 11) is 1.80. The topological polar surface area (TPSA) is 72.9 Å². The average Bonchev–Trinajstić information content (AvgIpc) is 2.61. The highest BCUT2D eigenvalue weighted by molar-refractivity contribution is 9.10. The van der Waals surface area contributed by atoms with Crippen molar-refractivity contribution in [2.75, 3.05) is 11.1 Å². The molecule has 0 spiro atoms. The zero-order chi connectivity index (χ0) is 13.3. The van der Waals surface area contributed by atoms with E-state index in [0.29, 0.717) is 21.4 Å². The minimum atomic E-state index is -0.217. The molecule has 94 valence electrons. The van der Waals surface area contributed by atoms with E-state index in [2.05, 4.69) is 26.3 Å². The van der Waals surface area contributed by atoms with E-state index >= 15 is 0 Å². The van der Waals surface area contributed by atoms with Crippen LogP contribution in [0.5, 0.6) is 0 Å². The summed E-state index contributed by atoms with van der Waals surface area (Å²) in [6, 6.07) is 5.18. The predicted molar refractivity (Wildman–Crippen MR) is 74.5 cm³/mol. The molecule has 1 heterocycles. The summed E-state index contributed by atoms with van der Waals surface area (Å²) in [6.07, 6.45) is 1.76. The summed E-state index contributed by atoms with van der Waals surface area (Å²) >= 11 is 3.31. The second-order valence-corrected chi connectivity index (χ2v) is 4.76. The van der Waals surface area contributed by atoms with E-state index in [0.717, 1.165) is 5.69 Å². The highest BCUT2D eigenvalue weighted by Crippen LogP contribution is 2.24. The first-order valence-corrected chi connectivity index (χ1v) is 6.14. The number of nitrogens with one attached hydrogen (secondary N) is 1. The second-order valence-electron chi connectivity index (χ2n) is 3.96. The summed E-state index contributed by atoms with van der Waals surface area (Å²) in [6.45, 7) is 1.84. The summed E-state index contributed by atoms with van der Waals surface area (Å²) in [4.78, 5) is 12.1. The van der Waals surface area contributed by atoms with Gasteiger partial charge in [0.1, 0.15) is 0 Å². The van der Waals surface area contributed by atoms with Crippen LogP contribution >= 0.6 is 15.9 Å². The van der Waals surface area contributed by atoms with Gasteiger partial charge < -0.3 is 11.1 Å². The molecule has 0 atom stereocenters. The van der Waals surface area contributed by atoms with E-state index < -0.39 is 0 Å². The van der Waals surface area contributed by atoms with Crippen molar-refractivity contribution in [3.05, 3.63) is 40.1 Å². The predicted octanol–water partition coefficient (Wildman–Crippen LogP) is 2.33. The van der Waals surface area contributed by atoms with Gasteiger partial charge in [-0.2, -0.15) is 5.10 Å². The van der Waals surface area contributed by atoms with Gasteiger partial charge in [0, 0.05) is 18.9 Å². The highest BCUT2D eigenvalue weighted by Gasteiger charge is 2.13. The van der Waals surface area contributed by atoms with Gasteiger partial charge in [0.2, 0.25) is 0 Å². The van der Waals surface area contributed by atoms with Crippen molar-refractivity contribution >= 4 is 33.2 Å². The smallest absolute Gasteiger partial charge is 0.256 e. The Labute approximate surface area is 113 Å². The van der Waals surface area contributed by atoms with Gasteiger partial charge in [-0.3, -0.25) is 9.48 Å². The fourth-order valence-electron chi connectivity index (χ4n) is 1.64. The van der Waals surface area contributed by atoms with E-state index in [1.165, 1.54) is 0 Å². The lowest BCUT2D eigenvalue weighted by atomic mass is 10.2. The number of nitrogens with two attached hydrogens (primary N) is 1. The minimum Gasteiger partial charge on any atom is -0.398 e. The molecule has 1 aromatic heterocycles. The number of amides is 1. The molecule has 6 heteroatoms. The van der Waals surface area contributed by atoms with Gasteiger partial charge in [-0.1, -0.05) is 6.07 Å². The number of hydrogen-bond donors (Lipinski definition) is 2. The number of nitrogen functional groups attached to an aromatic ring is 1. The summed E-state index contributed by atoms with van der Waals surface area (Å²) in [5, 5.41) is 6.97. The lowest BCUT2D eigenvalue weighted by Crippen LogP contribution is -2.13. The lowest BCUT2D eigenvalue weighted by Gasteiger charge is -2.07. The van der Waals surface area contributed by atoms with Crippen molar-refractivity contribution in [2.45, 2.75) is 6.92 Å². The Morgan fingerprint density at radius 3 is 2.83 bits per heavy atom. The SMILES string of the molecule is Cc1nn(C)cc1NC(=O)c1cccc(N)c1Br. The van der Waals surface area contributed by atoms with E-state index in [1.54, 1.807) is 36.1 Å². The molecule has 0 bridgehead atoms. The largest absolute Gasteiger partial charge is 0.398 e. The molecule has 2 aromatic rings. The van der Waals surface area contributed by atoms with Gasteiger partial charge in [0.15, 0.2) is 0 Å². The fourth-order valence-corrected chi connectivity index (χ4v) is 2.08. The number of carbonyl (C=O) groups is 1. The van der Waals surface area contributed by atoms with Crippen LogP contribution in [0, 0.1) is 6.92 Å². The number of benzene rings is 1. The van der Waals surface area contributed by atoms with Crippen LogP contribution in [-0.2, 0) is 7.05 Å².